The van der Waals surface area contributed by atoms with Crippen LogP contribution in [0.15, 0.2) is 0 Å². The molecule has 0 saturated carbocycles. The summed E-state index contributed by atoms with van der Waals surface area (Å²) in [6.07, 6.45) is 0.415. The number of nitrogens with one attached hydrogen (secondary N) is 2. The summed E-state index contributed by atoms with van der Waals surface area (Å²) < 4.78 is 0. The molecular weight excluding hydrogens is 194 g/mol. The van der Waals surface area contributed by atoms with Gasteiger partial charge in [0.2, 0.25) is 5.91 Å². The van der Waals surface area contributed by atoms with Crippen molar-refractivity contribution in [3.63, 3.8) is 0 Å². The van der Waals surface area contributed by atoms with Crippen LogP contribution in [-0.4, -0.2) is 61.3 Å². The first-order chi connectivity index (χ1) is 7.15. The summed E-state index contributed by atoms with van der Waals surface area (Å²) in [7, 11) is 1.66. The van der Waals surface area contributed by atoms with Crippen LogP contribution in [0.1, 0.15) is 13.3 Å². The lowest BCUT2D eigenvalue weighted by Gasteiger charge is -2.35. The number of carbonyl (C=O) groups excluding carboxylic acids is 1. The van der Waals surface area contributed by atoms with Gasteiger partial charge in [-0.25, -0.2) is 0 Å². The van der Waals surface area contributed by atoms with Gasteiger partial charge >= 0.3 is 0 Å². The van der Waals surface area contributed by atoms with E-state index in [2.05, 4.69) is 15.5 Å². The molecule has 3 N–H and O–H groups in total. The molecule has 0 bridgehead atoms. The van der Waals surface area contributed by atoms with Crippen LogP contribution in [-0.2, 0) is 4.79 Å². The molecule has 0 aromatic heterocycles. The smallest absolute Gasteiger partial charge is 0.238 e. The van der Waals surface area contributed by atoms with E-state index in [0.717, 1.165) is 19.6 Å². The molecule has 0 aromatic rings. The quantitative estimate of drug-likeness (QED) is 0.550. The number of amides is 1. The fourth-order valence-corrected chi connectivity index (χ4v) is 1.79. The summed E-state index contributed by atoms with van der Waals surface area (Å²) in [6.45, 7) is 5.02. The van der Waals surface area contributed by atoms with Crippen LogP contribution in [0.25, 0.3) is 0 Å². The van der Waals surface area contributed by atoms with Gasteiger partial charge in [0.15, 0.2) is 0 Å². The van der Waals surface area contributed by atoms with E-state index in [1.54, 1.807) is 14.0 Å². The minimum atomic E-state index is -0.301. The molecule has 5 heteroatoms. The summed E-state index contributed by atoms with van der Waals surface area (Å²) in [5.74, 6) is 0.0489. The summed E-state index contributed by atoms with van der Waals surface area (Å²) in [5.41, 5.74) is 0. The van der Waals surface area contributed by atoms with Crippen molar-refractivity contribution in [3.05, 3.63) is 0 Å². The lowest BCUT2D eigenvalue weighted by atomic mass is 10.1. The van der Waals surface area contributed by atoms with Crippen molar-refractivity contribution in [1.29, 1.82) is 0 Å². The highest BCUT2D eigenvalue weighted by molar-refractivity contribution is 5.81. The largest absolute Gasteiger partial charge is 0.393 e. The third-order valence-corrected chi connectivity index (χ3v) is 2.74. The molecule has 0 radical (unpaired) electrons. The predicted octanol–water partition coefficient (Wildman–Crippen LogP) is -1.22. The fourth-order valence-electron chi connectivity index (χ4n) is 1.79. The number of rotatable bonds is 4. The van der Waals surface area contributed by atoms with Crippen molar-refractivity contribution < 1.29 is 9.90 Å². The summed E-state index contributed by atoms with van der Waals surface area (Å²) in [4.78, 5) is 13.7. The topological polar surface area (TPSA) is 64.6 Å². The standard InChI is InChI=1S/C10H21N3O2/c1-8(14)3-5-13-6-4-12-7-9(13)10(15)11-2/h8-9,12,14H,3-7H2,1-2H3,(H,11,15). The Morgan fingerprint density at radius 1 is 1.73 bits per heavy atom. The number of aliphatic hydroxyl groups is 1. The lowest BCUT2D eigenvalue weighted by molar-refractivity contribution is -0.126. The lowest BCUT2D eigenvalue weighted by Crippen LogP contribution is -2.57. The zero-order valence-corrected chi connectivity index (χ0v) is 9.49. The molecule has 1 saturated heterocycles. The molecule has 1 heterocycles. The van der Waals surface area contributed by atoms with E-state index in [9.17, 15) is 9.90 Å². The normalized spacial score (nSPS) is 24.9. The predicted molar refractivity (Wildman–Crippen MR) is 58.6 cm³/mol. The maximum absolute atomic E-state index is 11.6. The van der Waals surface area contributed by atoms with Crippen molar-refractivity contribution in [2.75, 3.05) is 33.2 Å². The molecule has 2 unspecified atom stereocenters. The Balaban J connectivity index is 2.46. The van der Waals surface area contributed by atoms with Crippen LogP contribution < -0.4 is 10.6 Å². The van der Waals surface area contributed by atoms with E-state index >= 15 is 0 Å². The van der Waals surface area contributed by atoms with Crippen LogP contribution >= 0.6 is 0 Å². The van der Waals surface area contributed by atoms with E-state index in [1.165, 1.54) is 0 Å². The number of likely N-dealkylation sites (N-methyl/N-ethyl adjacent to an activating group) is 1. The van der Waals surface area contributed by atoms with Crippen molar-refractivity contribution in [2.24, 2.45) is 0 Å². The third kappa shape index (κ3) is 3.77. The zero-order valence-electron chi connectivity index (χ0n) is 9.49. The van der Waals surface area contributed by atoms with E-state index in [4.69, 9.17) is 0 Å². The van der Waals surface area contributed by atoms with Crippen molar-refractivity contribution >= 4 is 5.91 Å². The molecule has 1 aliphatic rings. The first-order valence-corrected chi connectivity index (χ1v) is 5.49. The van der Waals surface area contributed by atoms with Gasteiger partial charge in [-0.05, 0) is 13.3 Å². The number of piperazine rings is 1. The van der Waals surface area contributed by atoms with Gasteiger partial charge in [0.1, 0.15) is 6.04 Å². The number of carbonyl (C=O) groups is 1. The first-order valence-electron chi connectivity index (χ1n) is 5.49. The molecule has 0 aromatic carbocycles. The number of nitrogens with zero attached hydrogens (tertiary/aromatic N) is 1. The monoisotopic (exact) mass is 215 g/mol. The van der Waals surface area contributed by atoms with Crippen LogP contribution in [0.4, 0.5) is 0 Å². The van der Waals surface area contributed by atoms with Gasteiger partial charge in [0.05, 0.1) is 6.10 Å². The van der Waals surface area contributed by atoms with E-state index in [-0.39, 0.29) is 18.1 Å². The Morgan fingerprint density at radius 2 is 2.47 bits per heavy atom. The first kappa shape index (κ1) is 12.4. The van der Waals surface area contributed by atoms with Gasteiger partial charge in [-0.15, -0.1) is 0 Å². The molecule has 1 rings (SSSR count). The Hall–Kier alpha value is -0.650. The van der Waals surface area contributed by atoms with E-state index in [1.807, 2.05) is 0 Å². The van der Waals surface area contributed by atoms with Gasteiger partial charge in [0.25, 0.3) is 0 Å². The van der Waals surface area contributed by atoms with Gasteiger partial charge in [-0.3, -0.25) is 9.69 Å². The Bertz CT molecular complexity index is 209. The van der Waals surface area contributed by atoms with Crippen molar-refractivity contribution in [1.82, 2.24) is 15.5 Å². The number of hydrogen-bond donors (Lipinski definition) is 3. The maximum atomic E-state index is 11.6. The van der Waals surface area contributed by atoms with Crippen LogP contribution in [0.5, 0.6) is 0 Å². The van der Waals surface area contributed by atoms with Crippen molar-refractivity contribution in [2.45, 2.75) is 25.5 Å². The second-order valence-corrected chi connectivity index (χ2v) is 4.01. The molecule has 1 aliphatic heterocycles. The molecular formula is C10H21N3O2. The Morgan fingerprint density at radius 3 is 3.07 bits per heavy atom. The summed E-state index contributed by atoms with van der Waals surface area (Å²) in [6, 6.07) is -0.0949. The molecule has 1 fully saturated rings. The van der Waals surface area contributed by atoms with Gasteiger partial charge in [-0.2, -0.15) is 0 Å². The average Bonchev–Trinajstić information content (AvgIpc) is 2.25. The van der Waals surface area contributed by atoms with Gasteiger partial charge in [-0.1, -0.05) is 0 Å². The summed E-state index contributed by atoms with van der Waals surface area (Å²) >= 11 is 0. The van der Waals surface area contributed by atoms with Crippen LogP contribution in [0, 0.1) is 0 Å². The highest BCUT2D eigenvalue weighted by Gasteiger charge is 2.27. The molecule has 0 aliphatic carbocycles. The second kappa shape index (κ2) is 6.05. The minimum Gasteiger partial charge on any atom is -0.393 e. The van der Waals surface area contributed by atoms with E-state index < -0.39 is 0 Å². The number of aliphatic hydroxyl groups excluding tert-OH is 1. The highest BCUT2D eigenvalue weighted by Crippen LogP contribution is 2.05. The molecule has 15 heavy (non-hydrogen) atoms. The molecule has 0 spiro atoms. The third-order valence-electron chi connectivity index (χ3n) is 2.74. The number of hydrogen-bond acceptors (Lipinski definition) is 4. The summed E-state index contributed by atoms with van der Waals surface area (Å²) in [5, 5.41) is 15.1. The SMILES string of the molecule is CNC(=O)C1CNCCN1CCC(C)O. The van der Waals surface area contributed by atoms with Crippen LogP contribution in [0.3, 0.4) is 0 Å². The average molecular weight is 215 g/mol. The highest BCUT2D eigenvalue weighted by atomic mass is 16.3. The molecule has 88 valence electrons. The molecule has 1 amide bonds. The van der Waals surface area contributed by atoms with Crippen LogP contribution in [0.2, 0.25) is 0 Å². The zero-order chi connectivity index (χ0) is 11.3. The minimum absolute atomic E-state index is 0.0489. The maximum Gasteiger partial charge on any atom is 0.238 e. The molecule has 2 atom stereocenters. The van der Waals surface area contributed by atoms with Gasteiger partial charge < -0.3 is 15.7 Å². The Kier molecular flexibility index (Phi) is 5.01. The van der Waals surface area contributed by atoms with E-state index in [0.29, 0.717) is 13.0 Å². The second-order valence-electron chi connectivity index (χ2n) is 4.01. The van der Waals surface area contributed by atoms with Gasteiger partial charge in [0, 0.05) is 33.2 Å². The van der Waals surface area contributed by atoms with Crippen molar-refractivity contribution in [3.8, 4) is 0 Å². The fraction of sp³-hybridized carbons (Fsp3) is 0.900. The Labute approximate surface area is 90.8 Å². The molecule has 5 nitrogen and oxygen atoms in total.